The predicted molar refractivity (Wildman–Crippen MR) is 73.4 cm³/mol. The van der Waals surface area contributed by atoms with Crippen LogP contribution < -0.4 is 0 Å². The van der Waals surface area contributed by atoms with E-state index in [0.29, 0.717) is 44.8 Å². The molecule has 6 nitrogen and oxygen atoms in total. The largest absolute Gasteiger partial charge is 0.480 e. The third-order valence-corrected chi connectivity index (χ3v) is 4.51. The Labute approximate surface area is 119 Å². The van der Waals surface area contributed by atoms with E-state index in [1.807, 2.05) is 6.92 Å². The number of rotatable bonds is 1. The molecule has 0 saturated carbocycles. The Bertz CT molecular complexity index is 387. The second-order valence-electron chi connectivity index (χ2n) is 6.44. The van der Waals surface area contributed by atoms with Crippen LogP contribution in [0.15, 0.2) is 0 Å². The lowest BCUT2D eigenvalue weighted by Crippen LogP contribution is -2.56. The molecule has 2 fully saturated rings. The van der Waals surface area contributed by atoms with Gasteiger partial charge in [0.15, 0.2) is 0 Å². The van der Waals surface area contributed by atoms with Crippen LogP contribution in [-0.4, -0.2) is 63.3 Å². The normalized spacial score (nSPS) is 30.1. The number of aliphatic hydroxyl groups is 1. The topological polar surface area (TPSA) is 81.1 Å². The fourth-order valence-corrected chi connectivity index (χ4v) is 2.97. The summed E-state index contributed by atoms with van der Waals surface area (Å²) >= 11 is 0. The molecule has 2 aliphatic rings. The summed E-state index contributed by atoms with van der Waals surface area (Å²) in [6.45, 7) is 5.28. The molecule has 0 spiro atoms. The molecular formula is C14H24N2O4. The lowest BCUT2D eigenvalue weighted by Gasteiger charge is -2.42. The van der Waals surface area contributed by atoms with Crippen molar-refractivity contribution in [2.75, 3.05) is 19.6 Å². The highest BCUT2D eigenvalue weighted by Gasteiger charge is 2.38. The van der Waals surface area contributed by atoms with E-state index in [2.05, 4.69) is 0 Å². The maximum Gasteiger partial charge on any atom is 0.326 e. The summed E-state index contributed by atoms with van der Waals surface area (Å²) in [6, 6.07) is -0.909. The first-order valence-corrected chi connectivity index (χ1v) is 7.31. The number of carboxylic acid groups (broad SMARTS) is 1. The Kier molecular flexibility index (Phi) is 4.22. The second kappa shape index (κ2) is 5.60. The number of carbonyl (C=O) groups excluding carboxylic acids is 1. The summed E-state index contributed by atoms with van der Waals surface area (Å²) in [6.07, 6.45) is 2.45. The Hall–Kier alpha value is -1.30. The van der Waals surface area contributed by atoms with E-state index in [-0.39, 0.29) is 6.03 Å². The molecule has 0 aromatic rings. The van der Waals surface area contributed by atoms with Gasteiger partial charge in [-0.2, -0.15) is 0 Å². The zero-order valence-corrected chi connectivity index (χ0v) is 12.2. The molecule has 0 aromatic heterocycles. The van der Waals surface area contributed by atoms with Gasteiger partial charge in [-0.1, -0.05) is 6.92 Å². The number of hydrogen-bond acceptors (Lipinski definition) is 3. The van der Waals surface area contributed by atoms with Crippen molar-refractivity contribution in [1.82, 2.24) is 9.80 Å². The quantitative estimate of drug-likeness (QED) is 0.756. The molecule has 6 heteroatoms. The number of nitrogens with zero attached hydrogens (tertiary/aromatic N) is 2. The minimum absolute atomic E-state index is 0.195. The standard InChI is InChI=1S/C14H24N2O4/c1-10-3-6-16(11(9-10)12(17)18)13(19)15-7-4-14(2,20)5-8-15/h10-11,20H,3-9H2,1-2H3,(H,17,18). The highest BCUT2D eigenvalue weighted by Crippen LogP contribution is 2.26. The van der Waals surface area contributed by atoms with Gasteiger partial charge in [-0.15, -0.1) is 0 Å². The van der Waals surface area contributed by atoms with E-state index >= 15 is 0 Å². The monoisotopic (exact) mass is 284 g/mol. The number of piperidine rings is 2. The molecule has 2 N–H and O–H groups in total. The predicted octanol–water partition coefficient (Wildman–Crippen LogP) is 1.14. The van der Waals surface area contributed by atoms with Crippen LogP contribution in [0.4, 0.5) is 4.79 Å². The van der Waals surface area contributed by atoms with Gasteiger partial charge in [-0.3, -0.25) is 0 Å². The fraction of sp³-hybridized carbons (Fsp3) is 0.857. The van der Waals surface area contributed by atoms with Gasteiger partial charge in [0.25, 0.3) is 0 Å². The van der Waals surface area contributed by atoms with Crippen molar-refractivity contribution >= 4 is 12.0 Å². The van der Waals surface area contributed by atoms with Crippen LogP contribution in [0, 0.1) is 5.92 Å². The lowest BCUT2D eigenvalue weighted by atomic mass is 9.92. The van der Waals surface area contributed by atoms with E-state index in [1.165, 1.54) is 4.90 Å². The Morgan fingerprint density at radius 2 is 1.80 bits per heavy atom. The molecule has 0 aliphatic carbocycles. The number of urea groups is 1. The van der Waals surface area contributed by atoms with Crippen molar-refractivity contribution in [2.24, 2.45) is 5.92 Å². The van der Waals surface area contributed by atoms with Crippen LogP contribution in [0.25, 0.3) is 0 Å². The van der Waals surface area contributed by atoms with E-state index in [0.717, 1.165) is 6.42 Å². The van der Waals surface area contributed by atoms with E-state index < -0.39 is 17.6 Å². The maximum absolute atomic E-state index is 12.5. The van der Waals surface area contributed by atoms with Crippen LogP contribution in [0.5, 0.6) is 0 Å². The Morgan fingerprint density at radius 3 is 2.35 bits per heavy atom. The minimum atomic E-state index is -0.922. The highest BCUT2D eigenvalue weighted by molar-refractivity contribution is 5.83. The number of carbonyl (C=O) groups is 2. The van der Waals surface area contributed by atoms with Gasteiger partial charge in [0.2, 0.25) is 0 Å². The van der Waals surface area contributed by atoms with E-state index in [1.54, 1.807) is 11.8 Å². The molecule has 114 valence electrons. The van der Waals surface area contributed by atoms with Gasteiger partial charge in [-0.25, -0.2) is 9.59 Å². The molecule has 0 aromatic carbocycles. The maximum atomic E-state index is 12.5. The zero-order valence-electron chi connectivity index (χ0n) is 12.2. The lowest BCUT2D eigenvalue weighted by molar-refractivity contribution is -0.144. The Balaban J connectivity index is 2.02. The summed E-state index contributed by atoms with van der Waals surface area (Å²) in [5.74, 6) is -0.587. The van der Waals surface area contributed by atoms with Gasteiger partial charge in [0.1, 0.15) is 6.04 Å². The van der Waals surface area contributed by atoms with E-state index in [9.17, 15) is 19.8 Å². The SMILES string of the molecule is CC1CCN(C(=O)N2CCC(C)(O)CC2)C(C(=O)O)C1. The molecule has 2 unspecified atom stereocenters. The number of carboxylic acids is 1. The molecule has 2 heterocycles. The van der Waals surface area contributed by atoms with Crippen LogP contribution >= 0.6 is 0 Å². The van der Waals surface area contributed by atoms with Crippen molar-refractivity contribution in [1.29, 1.82) is 0 Å². The average Bonchev–Trinajstić information content (AvgIpc) is 2.37. The van der Waals surface area contributed by atoms with Crippen LogP contribution in [-0.2, 0) is 4.79 Å². The zero-order chi connectivity index (χ0) is 14.9. The highest BCUT2D eigenvalue weighted by atomic mass is 16.4. The average molecular weight is 284 g/mol. The van der Waals surface area contributed by atoms with Gasteiger partial charge < -0.3 is 20.0 Å². The summed E-state index contributed by atoms with van der Waals surface area (Å²) < 4.78 is 0. The summed E-state index contributed by atoms with van der Waals surface area (Å²) in [4.78, 5) is 27.0. The first-order valence-electron chi connectivity index (χ1n) is 7.31. The third-order valence-electron chi connectivity index (χ3n) is 4.51. The van der Waals surface area contributed by atoms with Crippen molar-refractivity contribution < 1.29 is 19.8 Å². The second-order valence-corrected chi connectivity index (χ2v) is 6.44. The van der Waals surface area contributed by atoms with Crippen LogP contribution in [0.1, 0.15) is 39.5 Å². The number of hydrogen-bond donors (Lipinski definition) is 2. The van der Waals surface area contributed by atoms with Crippen molar-refractivity contribution in [2.45, 2.75) is 51.2 Å². The molecule has 20 heavy (non-hydrogen) atoms. The Morgan fingerprint density at radius 1 is 1.20 bits per heavy atom. The first kappa shape index (κ1) is 15.1. The van der Waals surface area contributed by atoms with Gasteiger partial charge in [-0.05, 0) is 38.5 Å². The first-order chi connectivity index (χ1) is 9.30. The fourth-order valence-electron chi connectivity index (χ4n) is 2.97. The minimum Gasteiger partial charge on any atom is -0.480 e. The van der Waals surface area contributed by atoms with Gasteiger partial charge in [0, 0.05) is 19.6 Å². The number of amides is 2. The van der Waals surface area contributed by atoms with Gasteiger partial charge >= 0.3 is 12.0 Å². The number of aliphatic carboxylic acids is 1. The molecule has 2 aliphatic heterocycles. The number of likely N-dealkylation sites (tertiary alicyclic amines) is 2. The van der Waals surface area contributed by atoms with Crippen molar-refractivity contribution in [3.05, 3.63) is 0 Å². The van der Waals surface area contributed by atoms with Crippen molar-refractivity contribution in [3.63, 3.8) is 0 Å². The molecule has 0 bridgehead atoms. The summed E-state index contributed by atoms with van der Waals surface area (Å²) in [5, 5.41) is 19.2. The smallest absolute Gasteiger partial charge is 0.326 e. The molecule has 2 saturated heterocycles. The molecule has 0 radical (unpaired) electrons. The van der Waals surface area contributed by atoms with Gasteiger partial charge in [0.05, 0.1) is 5.60 Å². The molecule has 2 atom stereocenters. The summed E-state index contributed by atoms with van der Waals surface area (Å²) in [5.41, 5.74) is -0.709. The van der Waals surface area contributed by atoms with E-state index in [4.69, 9.17) is 0 Å². The molecule has 2 amide bonds. The molecular weight excluding hydrogens is 260 g/mol. The van der Waals surface area contributed by atoms with Crippen LogP contribution in [0.2, 0.25) is 0 Å². The third kappa shape index (κ3) is 3.23. The van der Waals surface area contributed by atoms with Crippen LogP contribution in [0.3, 0.4) is 0 Å². The van der Waals surface area contributed by atoms with Crippen molar-refractivity contribution in [3.8, 4) is 0 Å². The molecule has 2 rings (SSSR count). The summed E-state index contributed by atoms with van der Waals surface area (Å²) in [7, 11) is 0.